The minimum absolute atomic E-state index is 0.131. The summed E-state index contributed by atoms with van der Waals surface area (Å²) in [6, 6.07) is 4.54. The lowest BCUT2D eigenvalue weighted by Crippen LogP contribution is -2.43. The number of rotatable bonds is 4. The molecule has 1 rings (SSSR count). The van der Waals surface area contributed by atoms with E-state index in [1.54, 1.807) is 6.07 Å². The second kappa shape index (κ2) is 6.23. The summed E-state index contributed by atoms with van der Waals surface area (Å²) in [6.45, 7) is 5.48. The van der Waals surface area contributed by atoms with Gasteiger partial charge in [0, 0.05) is 5.54 Å². The van der Waals surface area contributed by atoms with Gasteiger partial charge in [-0.05, 0) is 61.6 Å². The number of nitrogens with one attached hydrogen (secondary N) is 1. The molecule has 0 radical (unpaired) electrons. The van der Waals surface area contributed by atoms with Gasteiger partial charge in [0.1, 0.15) is 5.75 Å². The molecule has 1 aromatic carbocycles. The minimum atomic E-state index is -1.03. The summed E-state index contributed by atoms with van der Waals surface area (Å²) in [5.74, 6) is -0.881. The topological polar surface area (TPSA) is 75.6 Å². The summed E-state index contributed by atoms with van der Waals surface area (Å²) in [5, 5.41) is 11.7. The molecule has 0 saturated carbocycles. The van der Waals surface area contributed by atoms with Crippen molar-refractivity contribution in [3.63, 3.8) is 0 Å². The summed E-state index contributed by atoms with van der Waals surface area (Å²) in [5.41, 5.74) is -0.192. The van der Waals surface area contributed by atoms with Gasteiger partial charge in [0.2, 0.25) is 0 Å². The Labute approximate surface area is 125 Å². The number of hydrogen-bond donors (Lipinski definition) is 2. The molecular weight excluding hydrogens is 361 g/mol. The first-order valence-electron chi connectivity index (χ1n) is 5.66. The predicted molar refractivity (Wildman–Crippen MR) is 79.5 cm³/mol. The highest BCUT2D eigenvalue weighted by Gasteiger charge is 2.15. The van der Waals surface area contributed by atoms with Crippen LogP contribution >= 0.6 is 22.6 Å². The molecule has 1 aromatic rings. The molecule has 0 atom stereocenters. The van der Waals surface area contributed by atoms with Gasteiger partial charge in [0.25, 0.3) is 5.91 Å². The normalized spacial score (nSPS) is 10.9. The van der Waals surface area contributed by atoms with E-state index in [-0.39, 0.29) is 23.6 Å². The van der Waals surface area contributed by atoms with Crippen LogP contribution in [0.5, 0.6) is 5.75 Å². The molecule has 0 saturated heterocycles. The van der Waals surface area contributed by atoms with Gasteiger partial charge in [0.15, 0.2) is 6.61 Å². The van der Waals surface area contributed by atoms with Gasteiger partial charge in [-0.1, -0.05) is 0 Å². The third-order valence-electron chi connectivity index (χ3n) is 2.05. The monoisotopic (exact) mass is 377 g/mol. The number of amides is 1. The van der Waals surface area contributed by atoms with Crippen molar-refractivity contribution in [2.24, 2.45) is 0 Å². The van der Waals surface area contributed by atoms with Crippen molar-refractivity contribution in [2.45, 2.75) is 26.3 Å². The second-order valence-electron chi connectivity index (χ2n) is 5.04. The zero-order valence-electron chi connectivity index (χ0n) is 11.0. The number of carbonyl (C=O) groups excluding carboxylic acids is 1. The number of hydrogen-bond acceptors (Lipinski definition) is 3. The SMILES string of the molecule is CC(C)(C)NC(=O)COc1cc(C(=O)O)ccc1I. The summed E-state index contributed by atoms with van der Waals surface area (Å²) in [6.07, 6.45) is 0. The fraction of sp³-hybridized carbons (Fsp3) is 0.385. The predicted octanol–water partition coefficient (Wildman–Crippen LogP) is 2.28. The molecule has 104 valence electrons. The van der Waals surface area contributed by atoms with E-state index < -0.39 is 5.97 Å². The Hall–Kier alpha value is -1.31. The van der Waals surface area contributed by atoms with Crippen LogP contribution in [-0.2, 0) is 4.79 Å². The number of ether oxygens (including phenoxy) is 1. The van der Waals surface area contributed by atoms with E-state index in [2.05, 4.69) is 5.32 Å². The maximum Gasteiger partial charge on any atom is 0.335 e. The first-order valence-corrected chi connectivity index (χ1v) is 6.73. The number of halogens is 1. The molecule has 5 nitrogen and oxygen atoms in total. The number of carbonyl (C=O) groups is 2. The van der Waals surface area contributed by atoms with Crippen molar-refractivity contribution in [2.75, 3.05) is 6.61 Å². The average molecular weight is 377 g/mol. The van der Waals surface area contributed by atoms with Crippen LogP contribution in [0.1, 0.15) is 31.1 Å². The number of benzene rings is 1. The molecular formula is C13H16INO4. The van der Waals surface area contributed by atoms with Gasteiger partial charge in [0.05, 0.1) is 9.13 Å². The van der Waals surface area contributed by atoms with E-state index in [1.807, 2.05) is 43.4 Å². The minimum Gasteiger partial charge on any atom is -0.483 e. The summed E-state index contributed by atoms with van der Waals surface area (Å²) >= 11 is 2.03. The Balaban J connectivity index is 2.70. The fourth-order valence-corrected chi connectivity index (χ4v) is 1.84. The van der Waals surface area contributed by atoms with Crippen molar-refractivity contribution in [3.8, 4) is 5.75 Å². The molecule has 0 unspecified atom stereocenters. The largest absolute Gasteiger partial charge is 0.483 e. The highest BCUT2D eigenvalue weighted by Crippen LogP contribution is 2.22. The van der Waals surface area contributed by atoms with Crippen LogP contribution in [0.3, 0.4) is 0 Å². The summed E-state index contributed by atoms with van der Waals surface area (Å²) in [7, 11) is 0. The molecule has 19 heavy (non-hydrogen) atoms. The molecule has 0 aliphatic carbocycles. The maximum absolute atomic E-state index is 11.6. The van der Waals surface area contributed by atoms with Gasteiger partial charge in [-0.15, -0.1) is 0 Å². The van der Waals surface area contributed by atoms with Crippen molar-refractivity contribution >= 4 is 34.5 Å². The third-order valence-corrected chi connectivity index (χ3v) is 2.94. The van der Waals surface area contributed by atoms with Crippen LogP contribution < -0.4 is 10.1 Å². The molecule has 2 N–H and O–H groups in total. The summed E-state index contributed by atoms with van der Waals surface area (Å²) < 4.78 is 6.11. The lowest BCUT2D eigenvalue weighted by Gasteiger charge is -2.20. The van der Waals surface area contributed by atoms with Gasteiger partial charge in [-0.2, -0.15) is 0 Å². The van der Waals surface area contributed by atoms with E-state index in [0.29, 0.717) is 5.75 Å². The molecule has 0 bridgehead atoms. The van der Waals surface area contributed by atoms with Gasteiger partial charge >= 0.3 is 5.97 Å². The van der Waals surface area contributed by atoms with Crippen molar-refractivity contribution in [1.29, 1.82) is 0 Å². The Morgan fingerprint density at radius 1 is 1.37 bits per heavy atom. The van der Waals surface area contributed by atoms with E-state index >= 15 is 0 Å². The van der Waals surface area contributed by atoms with Crippen LogP contribution in [0.15, 0.2) is 18.2 Å². The molecule has 0 fully saturated rings. The molecule has 0 spiro atoms. The Kier molecular flexibility index (Phi) is 5.16. The number of aromatic carboxylic acids is 1. The van der Waals surface area contributed by atoms with Crippen LogP contribution in [0, 0.1) is 3.57 Å². The zero-order valence-corrected chi connectivity index (χ0v) is 13.1. The van der Waals surface area contributed by atoms with Crippen LogP contribution in [0.2, 0.25) is 0 Å². The number of carboxylic acids is 1. The van der Waals surface area contributed by atoms with Gasteiger partial charge in [-0.3, -0.25) is 4.79 Å². The fourth-order valence-electron chi connectivity index (χ4n) is 1.34. The van der Waals surface area contributed by atoms with E-state index in [1.165, 1.54) is 12.1 Å². The quantitative estimate of drug-likeness (QED) is 0.790. The Morgan fingerprint density at radius 3 is 2.53 bits per heavy atom. The molecule has 6 heteroatoms. The molecule has 0 aliphatic rings. The number of carboxylic acid groups (broad SMARTS) is 1. The highest BCUT2D eigenvalue weighted by atomic mass is 127. The third kappa shape index (κ3) is 5.46. The average Bonchev–Trinajstić information content (AvgIpc) is 2.25. The zero-order chi connectivity index (χ0) is 14.6. The van der Waals surface area contributed by atoms with Crippen LogP contribution in [-0.4, -0.2) is 29.1 Å². The van der Waals surface area contributed by atoms with Crippen molar-refractivity contribution < 1.29 is 19.4 Å². The lowest BCUT2D eigenvalue weighted by molar-refractivity contribution is -0.124. The van der Waals surface area contributed by atoms with Gasteiger partial charge < -0.3 is 15.2 Å². The first kappa shape index (κ1) is 15.7. The molecule has 0 heterocycles. The molecule has 1 amide bonds. The molecule has 0 aromatic heterocycles. The lowest BCUT2D eigenvalue weighted by atomic mass is 10.1. The van der Waals surface area contributed by atoms with E-state index in [0.717, 1.165) is 3.57 Å². The van der Waals surface area contributed by atoms with Crippen LogP contribution in [0.4, 0.5) is 0 Å². The Morgan fingerprint density at radius 2 is 2.00 bits per heavy atom. The van der Waals surface area contributed by atoms with Crippen molar-refractivity contribution in [3.05, 3.63) is 27.3 Å². The second-order valence-corrected chi connectivity index (χ2v) is 6.20. The van der Waals surface area contributed by atoms with Gasteiger partial charge in [-0.25, -0.2) is 4.79 Å². The molecule has 0 aliphatic heterocycles. The van der Waals surface area contributed by atoms with Crippen LogP contribution in [0.25, 0.3) is 0 Å². The highest BCUT2D eigenvalue weighted by molar-refractivity contribution is 14.1. The van der Waals surface area contributed by atoms with Crippen molar-refractivity contribution in [1.82, 2.24) is 5.32 Å². The summed E-state index contributed by atoms with van der Waals surface area (Å²) in [4.78, 5) is 22.5. The first-order chi connectivity index (χ1) is 8.69. The maximum atomic E-state index is 11.6. The standard InChI is InChI=1S/C13H16INO4/c1-13(2,3)15-11(16)7-19-10-6-8(12(17)18)4-5-9(10)14/h4-6H,7H2,1-3H3,(H,15,16)(H,17,18). The smallest absolute Gasteiger partial charge is 0.335 e. The van der Waals surface area contributed by atoms with E-state index in [9.17, 15) is 9.59 Å². The van der Waals surface area contributed by atoms with E-state index in [4.69, 9.17) is 9.84 Å². The Bertz CT molecular complexity index is 494.